The van der Waals surface area contributed by atoms with Gasteiger partial charge in [0, 0.05) is 25.7 Å². The van der Waals surface area contributed by atoms with Crippen molar-refractivity contribution in [2.24, 2.45) is 5.84 Å². The Bertz CT molecular complexity index is 662. The number of fused-ring (bicyclic) bond motifs is 1. The first-order valence-electron chi connectivity index (χ1n) is 6.70. The van der Waals surface area contributed by atoms with Crippen molar-refractivity contribution in [1.29, 1.82) is 0 Å². The summed E-state index contributed by atoms with van der Waals surface area (Å²) in [5.74, 6) is 5.29. The van der Waals surface area contributed by atoms with Gasteiger partial charge in [0.25, 0.3) is 5.69 Å². The molecule has 0 amide bonds. The van der Waals surface area contributed by atoms with E-state index in [1.807, 2.05) is 18.2 Å². The van der Waals surface area contributed by atoms with Crippen LogP contribution in [-0.4, -0.2) is 9.82 Å². The van der Waals surface area contributed by atoms with Crippen LogP contribution in [0.5, 0.6) is 0 Å². The zero-order valence-electron chi connectivity index (χ0n) is 11.5. The first kappa shape index (κ1) is 13.5. The van der Waals surface area contributed by atoms with Crippen molar-refractivity contribution in [3.05, 3.63) is 69.3 Å². The summed E-state index contributed by atoms with van der Waals surface area (Å²) in [6.45, 7) is 2.43. The summed E-state index contributed by atoms with van der Waals surface area (Å²) in [5.41, 5.74) is 6.25. The molecule has 0 saturated carbocycles. The van der Waals surface area contributed by atoms with Crippen LogP contribution in [-0.2, 0) is 19.6 Å². The normalized spacial score (nSPS) is 14.0. The summed E-state index contributed by atoms with van der Waals surface area (Å²) < 4.78 is 0. The van der Waals surface area contributed by atoms with E-state index in [1.165, 1.54) is 11.1 Å². The minimum atomic E-state index is -0.419. The molecular formula is C15H16N4O2. The Kier molecular flexibility index (Phi) is 3.55. The van der Waals surface area contributed by atoms with Crippen LogP contribution in [0.15, 0.2) is 42.5 Å². The van der Waals surface area contributed by atoms with Gasteiger partial charge >= 0.3 is 0 Å². The highest BCUT2D eigenvalue weighted by Gasteiger charge is 2.20. The number of hydrogen-bond donors (Lipinski definition) is 2. The van der Waals surface area contributed by atoms with Gasteiger partial charge in [0.1, 0.15) is 5.69 Å². The van der Waals surface area contributed by atoms with Gasteiger partial charge in [0.2, 0.25) is 0 Å². The molecule has 0 radical (unpaired) electrons. The molecular weight excluding hydrogens is 268 g/mol. The van der Waals surface area contributed by atoms with Gasteiger partial charge < -0.3 is 5.43 Å². The number of nitrogens with zero attached hydrogens (tertiary/aromatic N) is 2. The van der Waals surface area contributed by atoms with Crippen LogP contribution in [0.4, 0.5) is 11.4 Å². The molecule has 1 heterocycles. The van der Waals surface area contributed by atoms with E-state index in [-0.39, 0.29) is 5.69 Å². The number of hydrazine groups is 1. The number of nitrogens with one attached hydrogen (secondary N) is 1. The Hall–Kier alpha value is -2.44. The summed E-state index contributed by atoms with van der Waals surface area (Å²) in [6, 6.07) is 13.4. The number of benzene rings is 2. The van der Waals surface area contributed by atoms with Gasteiger partial charge in [-0.3, -0.25) is 20.9 Å². The Labute approximate surface area is 122 Å². The first-order valence-corrected chi connectivity index (χ1v) is 6.70. The van der Waals surface area contributed by atoms with Gasteiger partial charge in [0.05, 0.1) is 4.92 Å². The van der Waals surface area contributed by atoms with E-state index in [4.69, 9.17) is 5.84 Å². The van der Waals surface area contributed by atoms with Gasteiger partial charge in [-0.25, -0.2) is 0 Å². The number of hydrogen-bond acceptors (Lipinski definition) is 5. The molecule has 3 rings (SSSR count). The molecule has 6 heteroatoms. The Morgan fingerprint density at radius 1 is 1.19 bits per heavy atom. The highest BCUT2D eigenvalue weighted by molar-refractivity contribution is 5.61. The molecule has 0 aliphatic carbocycles. The molecule has 3 N–H and O–H groups in total. The fourth-order valence-corrected chi connectivity index (χ4v) is 2.72. The molecule has 6 nitrogen and oxygen atoms in total. The van der Waals surface area contributed by atoms with E-state index in [9.17, 15) is 10.1 Å². The second-order valence-corrected chi connectivity index (χ2v) is 5.17. The Balaban J connectivity index is 1.78. The number of nitrogens with two attached hydrogens (primary N) is 1. The maximum atomic E-state index is 11.0. The highest BCUT2D eigenvalue weighted by Crippen LogP contribution is 2.28. The van der Waals surface area contributed by atoms with Gasteiger partial charge in [-0.2, -0.15) is 0 Å². The van der Waals surface area contributed by atoms with Crippen molar-refractivity contribution >= 4 is 11.4 Å². The predicted octanol–water partition coefficient (Wildman–Crippen LogP) is 2.40. The first-order chi connectivity index (χ1) is 10.2. The van der Waals surface area contributed by atoms with E-state index in [1.54, 1.807) is 12.1 Å². The van der Waals surface area contributed by atoms with Gasteiger partial charge in [-0.15, -0.1) is 0 Å². The van der Waals surface area contributed by atoms with Crippen molar-refractivity contribution < 1.29 is 4.92 Å². The summed E-state index contributed by atoms with van der Waals surface area (Å²) in [6.07, 6.45) is 0. The van der Waals surface area contributed by atoms with Crippen molar-refractivity contribution in [3.63, 3.8) is 0 Å². The maximum absolute atomic E-state index is 11.0. The number of rotatable bonds is 4. The van der Waals surface area contributed by atoms with Crippen molar-refractivity contribution in [2.45, 2.75) is 19.6 Å². The molecule has 0 atom stereocenters. The number of anilines is 1. The van der Waals surface area contributed by atoms with Crippen LogP contribution < -0.4 is 11.3 Å². The molecule has 108 valence electrons. The summed E-state index contributed by atoms with van der Waals surface area (Å²) >= 11 is 0. The van der Waals surface area contributed by atoms with E-state index in [0.717, 1.165) is 18.7 Å². The Morgan fingerprint density at radius 3 is 2.43 bits per heavy atom. The predicted molar refractivity (Wildman–Crippen MR) is 80.3 cm³/mol. The fraction of sp³-hybridized carbons (Fsp3) is 0.200. The van der Waals surface area contributed by atoms with Crippen LogP contribution in [0.3, 0.4) is 0 Å². The van der Waals surface area contributed by atoms with Gasteiger partial charge in [-0.1, -0.05) is 30.3 Å². The minimum Gasteiger partial charge on any atom is -0.318 e. The summed E-state index contributed by atoms with van der Waals surface area (Å²) in [5, 5.41) is 11.0. The van der Waals surface area contributed by atoms with Crippen LogP contribution >= 0.6 is 0 Å². The lowest BCUT2D eigenvalue weighted by Crippen LogP contribution is -2.16. The van der Waals surface area contributed by atoms with E-state index >= 15 is 0 Å². The smallest absolute Gasteiger partial charge is 0.293 e. The fourth-order valence-electron chi connectivity index (χ4n) is 2.72. The average molecular weight is 284 g/mol. The molecule has 0 unspecified atom stereocenters. The minimum absolute atomic E-state index is 0.00621. The molecule has 1 aliphatic rings. The largest absolute Gasteiger partial charge is 0.318 e. The van der Waals surface area contributed by atoms with Crippen LogP contribution in [0.1, 0.15) is 16.7 Å². The zero-order valence-corrected chi connectivity index (χ0v) is 11.5. The van der Waals surface area contributed by atoms with Crippen LogP contribution in [0.2, 0.25) is 0 Å². The van der Waals surface area contributed by atoms with Crippen LogP contribution in [0, 0.1) is 10.1 Å². The lowest BCUT2D eigenvalue weighted by Gasteiger charge is -2.15. The second-order valence-electron chi connectivity index (χ2n) is 5.17. The van der Waals surface area contributed by atoms with Gasteiger partial charge in [0.15, 0.2) is 0 Å². The lowest BCUT2D eigenvalue weighted by molar-refractivity contribution is -0.384. The molecule has 0 aromatic heterocycles. The third kappa shape index (κ3) is 2.72. The third-order valence-corrected chi connectivity index (χ3v) is 3.73. The molecule has 0 spiro atoms. The van der Waals surface area contributed by atoms with Crippen LogP contribution in [0.25, 0.3) is 0 Å². The number of nitrogen functional groups attached to an aromatic ring is 1. The zero-order chi connectivity index (χ0) is 14.8. The molecule has 2 aromatic rings. The van der Waals surface area contributed by atoms with Crippen molar-refractivity contribution in [2.75, 3.05) is 5.43 Å². The lowest BCUT2D eigenvalue weighted by atomic mass is 10.1. The quantitative estimate of drug-likeness (QED) is 0.511. The highest BCUT2D eigenvalue weighted by atomic mass is 16.6. The molecule has 2 aromatic carbocycles. The van der Waals surface area contributed by atoms with E-state index < -0.39 is 4.92 Å². The van der Waals surface area contributed by atoms with Crippen molar-refractivity contribution in [1.82, 2.24) is 4.90 Å². The standard InChI is InChI=1S/C15H16N4O2/c16-17-14-6-5-11(7-15(14)19(20)21)8-18-9-12-3-1-2-4-13(12)10-18/h1-7,17H,8-10,16H2. The molecule has 0 fully saturated rings. The monoisotopic (exact) mass is 284 g/mol. The van der Waals surface area contributed by atoms with E-state index in [0.29, 0.717) is 12.2 Å². The number of nitro benzene ring substituents is 1. The SMILES string of the molecule is NNc1ccc(CN2Cc3ccccc3C2)cc1[N+](=O)[O-]. The molecule has 21 heavy (non-hydrogen) atoms. The topological polar surface area (TPSA) is 84.4 Å². The van der Waals surface area contributed by atoms with Crippen molar-refractivity contribution in [3.8, 4) is 0 Å². The van der Waals surface area contributed by atoms with E-state index in [2.05, 4.69) is 22.5 Å². The summed E-state index contributed by atoms with van der Waals surface area (Å²) in [4.78, 5) is 12.9. The maximum Gasteiger partial charge on any atom is 0.293 e. The summed E-state index contributed by atoms with van der Waals surface area (Å²) in [7, 11) is 0. The number of nitro groups is 1. The molecule has 0 bridgehead atoms. The third-order valence-electron chi connectivity index (χ3n) is 3.73. The molecule has 0 saturated heterocycles. The second kappa shape index (κ2) is 5.51. The Morgan fingerprint density at radius 2 is 1.86 bits per heavy atom. The average Bonchev–Trinajstić information content (AvgIpc) is 2.89. The molecule has 1 aliphatic heterocycles. The van der Waals surface area contributed by atoms with Gasteiger partial charge in [-0.05, 0) is 22.8 Å².